The van der Waals surface area contributed by atoms with E-state index in [0.29, 0.717) is 43.8 Å². The van der Waals surface area contributed by atoms with Gasteiger partial charge in [-0.1, -0.05) is 6.07 Å². The lowest BCUT2D eigenvalue weighted by Crippen LogP contribution is -2.58. The highest BCUT2D eigenvalue weighted by atomic mass is 16.5. The van der Waals surface area contributed by atoms with Gasteiger partial charge in [-0.25, -0.2) is 0 Å². The molecule has 6 nitrogen and oxygen atoms in total. The van der Waals surface area contributed by atoms with Gasteiger partial charge in [-0.2, -0.15) is 0 Å². The molecule has 1 aromatic rings. The van der Waals surface area contributed by atoms with E-state index in [-0.39, 0.29) is 11.8 Å². The molecule has 2 atom stereocenters. The van der Waals surface area contributed by atoms with E-state index in [4.69, 9.17) is 4.74 Å². The molecule has 2 saturated heterocycles. The lowest BCUT2D eigenvalue weighted by atomic mass is 10.1. The first-order valence-corrected chi connectivity index (χ1v) is 9.45. The van der Waals surface area contributed by atoms with Crippen molar-refractivity contribution >= 4 is 17.5 Å². The monoisotopic (exact) mass is 359 g/mol. The Morgan fingerprint density at radius 3 is 2.58 bits per heavy atom. The summed E-state index contributed by atoms with van der Waals surface area (Å²) in [5.74, 6) is 0.187. The third kappa shape index (κ3) is 3.91. The van der Waals surface area contributed by atoms with Crippen molar-refractivity contribution in [3.8, 4) is 0 Å². The molecule has 2 aliphatic heterocycles. The highest BCUT2D eigenvalue weighted by Gasteiger charge is 2.32. The highest BCUT2D eigenvalue weighted by molar-refractivity contribution is 5.99. The van der Waals surface area contributed by atoms with E-state index >= 15 is 0 Å². The third-order valence-corrected chi connectivity index (χ3v) is 5.42. The van der Waals surface area contributed by atoms with Gasteiger partial charge < -0.3 is 14.5 Å². The SMILES string of the molecule is COCCN1C(C)CN(C(=O)c2cccc(N3CCCC3=O)c2)CC1C. The second-order valence-corrected chi connectivity index (χ2v) is 7.34. The summed E-state index contributed by atoms with van der Waals surface area (Å²) < 4.78 is 5.20. The molecule has 0 bridgehead atoms. The van der Waals surface area contributed by atoms with Crippen LogP contribution >= 0.6 is 0 Å². The number of nitrogens with zero attached hydrogens (tertiary/aromatic N) is 3. The number of ether oxygens (including phenoxy) is 1. The minimum atomic E-state index is 0.0450. The topological polar surface area (TPSA) is 53.1 Å². The Labute approximate surface area is 155 Å². The Bertz CT molecular complexity index is 651. The first-order valence-electron chi connectivity index (χ1n) is 9.45. The van der Waals surface area contributed by atoms with Crippen molar-refractivity contribution in [1.82, 2.24) is 9.80 Å². The summed E-state index contributed by atoms with van der Waals surface area (Å²) in [7, 11) is 1.72. The maximum Gasteiger partial charge on any atom is 0.254 e. The van der Waals surface area contributed by atoms with Crippen LogP contribution in [0, 0.1) is 0 Å². The van der Waals surface area contributed by atoms with E-state index in [0.717, 1.165) is 25.2 Å². The average molecular weight is 359 g/mol. The van der Waals surface area contributed by atoms with Crippen LogP contribution in [-0.4, -0.2) is 73.6 Å². The molecule has 0 radical (unpaired) electrons. The first-order chi connectivity index (χ1) is 12.5. The van der Waals surface area contributed by atoms with E-state index in [1.54, 1.807) is 12.0 Å². The second-order valence-electron chi connectivity index (χ2n) is 7.34. The Morgan fingerprint density at radius 2 is 1.96 bits per heavy atom. The quantitative estimate of drug-likeness (QED) is 0.807. The molecule has 2 fully saturated rings. The van der Waals surface area contributed by atoms with Crippen LogP contribution in [0.4, 0.5) is 5.69 Å². The average Bonchev–Trinajstić information content (AvgIpc) is 3.06. The lowest BCUT2D eigenvalue weighted by molar-refractivity contribution is -0.117. The molecule has 2 aliphatic rings. The summed E-state index contributed by atoms with van der Waals surface area (Å²) in [5.41, 5.74) is 1.49. The van der Waals surface area contributed by atoms with Crippen LogP contribution in [-0.2, 0) is 9.53 Å². The molecule has 2 amide bonds. The number of carbonyl (C=O) groups is 2. The highest BCUT2D eigenvalue weighted by Crippen LogP contribution is 2.24. The maximum absolute atomic E-state index is 13.0. The standard InChI is InChI=1S/C20H29N3O3/c1-15-13-21(14-16(2)22(15)10-11-26-3)20(25)17-6-4-7-18(12-17)23-9-5-8-19(23)24/h4,6-7,12,15-16H,5,8-11,13-14H2,1-3H3. The smallest absolute Gasteiger partial charge is 0.254 e. The molecule has 0 aromatic heterocycles. The normalized spacial score (nSPS) is 24.3. The van der Waals surface area contributed by atoms with E-state index < -0.39 is 0 Å². The summed E-state index contributed by atoms with van der Waals surface area (Å²) in [4.78, 5) is 31.1. The second kappa shape index (κ2) is 8.18. The van der Waals surface area contributed by atoms with Gasteiger partial charge in [-0.3, -0.25) is 14.5 Å². The summed E-state index contributed by atoms with van der Waals surface area (Å²) in [5, 5.41) is 0. The predicted octanol–water partition coefficient (Wildman–Crippen LogP) is 1.99. The largest absolute Gasteiger partial charge is 0.383 e. The number of anilines is 1. The van der Waals surface area contributed by atoms with Crippen molar-refractivity contribution in [2.24, 2.45) is 0 Å². The van der Waals surface area contributed by atoms with Gasteiger partial charge >= 0.3 is 0 Å². The van der Waals surface area contributed by atoms with Crippen LogP contribution in [0.1, 0.15) is 37.0 Å². The fraction of sp³-hybridized carbons (Fsp3) is 0.600. The molecule has 0 spiro atoms. The fourth-order valence-corrected chi connectivity index (χ4v) is 4.07. The van der Waals surface area contributed by atoms with Gasteiger partial charge in [0.1, 0.15) is 0 Å². The van der Waals surface area contributed by atoms with Gasteiger partial charge in [0.15, 0.2) is 0 Å². The summed E-state index contributed by atoms with van der Waals surface area (Å²) >= 11 is 0. The number of benzene rings is 1. The van der Waals surface area contributed by atoms with Crippen LogP contribution in [0.2, 0.25) is 0 Å². The Balaban J connectivity index is 1.71. The van der Waals surface area contributed by atoms with Gasteiger partial charge in [0, 0.05) is 63.0 Å². The minimum absolute atomic E-state index is 0.0450. The molecular weight excluding hydrogens is 330 g/mol. The van der Waals surface area contributed by atoms with Crippen molar-refractivity contribution < 1.29 is 14.3 Å². The zero-order valence-electron chi connectivity index (χ0n) is 16.0. The van der Waals surface area contributed by atoms with E-state index in [1.165, 1.54) is 0 Å². The number of hydrogen-bond donors (Lipinski definition) is 0. The molecule has 142 valence electrons. The summed E-state index contributed by atoms with van der Waals surface area (Å²) in [6, 6.07) is 8.07. The Hall–Kier alpha value is -1.92. The van der Waals surface area contributed by atoms with Crippen molar-refractivity contribution in [2.45, 2.75) is 38.8 Å². The van der Waals surface area contributed by atoms with Crippen molar-refractivity contribution in [1.29, 1.82) is 0 Å². The number of methoxy groups -OCH3 is 1. The molecule has 2 unspecified atom stereocenters. The first kappa shape index (κ1) is 18.9. The van der Waals surface area contributed by atoms with Crippen molar-refractivity contribution in [3.63, 3.8) is 0 Å². The summed E-state index contributed by atoms with van der Waals surface area (Å²) in [6.45, 7) is 8.06. The van der Waals surface area contributed by atoms with Crippen molar-refractivity contribution in [3.05, 3.63) is 29.8 Å². The van der Waals surface area contributed by atoms with Gasteiger partial charge in [0.25, 0.3) is 5.91 Å². The molecule has 6 heteroatoms. The molecule has 2 heterocycles. The number of amides is 2. The van der Waals surface area contributed by atoms with E-state index in [9.17, 15) is 9.59 Å². The Morgan fingerprint density at radius 1 is 1.23 bits per heavy atom. The number of hydrogen-bond acceptors (Lipinski definition) is 4. The predicted molar refractivity (Wildman–Crippen MR) is 101 cm³/mol. The fourth-order valence-electron chi connectivity index (χ4n) is 4.07. The molecule has 0 N–H and O–H groups in total. The van der Waals surface area contributed by atoms with Crippen LogP contribution in [0.5, 0.6) is 0 Å². The lowest BCUT2D eigenvalue weighted by Gasteiger charge is -2.44. The number of carbonyl (C=O) groups excluding carboxylic acids is 2. The third-order valence-electron chi connectivity index (χ3n) is 5.42. The van der Waals surface area contributed by atoms with Crippen LogP contribution in [0.3, 0.4) is 0 Å². The van der Waals surface area contributed by atoms with Gasteiger partial charge in [-0.05, 0) is 38.5 Å². The van der Waals surface area contributed by atoms with Gasteiger partial charge in [0.05, 0.1) is 6.61 Å². The van der Waals surface area contributed by atoms with Crippen molar-refractivity contribution in [2.75, 3.05) is 44.8 Å². The molecule has 0 saturated carbocycles. The molecule has 3 rings (SSSR count). The molecule has 0 aliphatic carbocycles. The molecular formula is C20H29N3O3. The zero-order chi connectivity index (χ0) is 18.7. The molecule has 26 heavy (non-hydrogen) atoms. The number of piperazine rings is 1. The van der Waals surface area contributed by atoms with Gasteiger partial charge in [0.2, 0.25) is 5.91 Å². The van der Waals surface area contributed by atoms with E-state index in [1.807, 2.05) is 29.2 Å². The Kier molecular flexibility index (Phi) is 5.94. The van der Waals surface area contributed by atoms with Gasteiger partial charge in [-0.15, -0.1) is 0 Å². The minimum Gasteiger partial charge on any atom is -0.383 e. The zero-order valence-corrected chi connectivity index (χ0v) is 16.0. The molecule has 1 aromatic carbocycles. The number of rotatable bonds is 5. The summed E-state index contributed by atoms with van der Waals surface area (Å²) in [6.07, 6.45) is 1.48. The van der Waals surface area contributed by atoms with Crippen LogP contribution < -0.4 is 4.90 Å². The van der Waals surface area contributed by atoms with Crippen LogP contribution in [0.15, 0.2) is 24.3 Å². The van der Waals surface area contributed by atoms with E-state index in [2.05, 4.69) is 18.7 Å². The maximum atomic E-state index is 13.0. The van der Waals surface area contributed by atoms with Crippen LogP contribution in [0.25, 0.3) is 0 Å².